The third-order valence-electron chi connectivity index (χ3n) is 1.69. The number of carbonyl (C=O) groups excluding carboxylic acids is 1. The number of nitrogens with one attached hydrogen (secondary N) is 1. The first kappa shape index (κ1) is 8.87. The topological polar surface area (TPSA) is 32.3 Å². The van der Waals surface area contributed by atoms with Gasteiger partial charge < -0.3 is 10.2 Å². The van der Waals surface area contributed by atoms with Crippen LogP contribution in [0.5, 0.6) is 0 Å². The SMILES string of the molecule is CNCC(=O)N1CCSCC1. The van der Waals surface area contributed by atoms with E-state index in [4.69, 9.17) is 0 Å². The molecule has 1 rings (SSSR count). The van der Waals surface area contributed by atoms with Gasteiger partial charge in [-0.3, -0.25) is 4.79 Å². The van der Waals surface area contributed by atoms with Gasteiger partial charge in [-0.15, -0.1) is 0 Å². The maximum absolute atomic E-state index is 11.3. The predicted molar refractivity (Wildman–Crippen MR) is 47.8 cm³/mol. The number of carbonyl (C=O) groups is 1. The first-order valence-corrected chi connectivity index (χ1v) is 5.00. The van der Waals surface area contributed by atoms with Gasteiger partial charge in [0.05, 0.1) is 6.54 Å². The highest BCUT2D eigenvalue weighted by Crippen LogP contribution is 2.08. The zero-order valence-electron chi connectivity index (χ0n) is 6.80. The Morgan fingerprint density at radius 1 is 1.55 bits per heavy atom. The summed E-state index contributed by atoms with van der Waals surface area (Å²) in [4.78, 5) is 13.2. The van der Waals surface area contributed by atoms with E-state index in [1.165, 1.54) is 0 Å². The van der Waals surface area contributed by atoms with Gasteiger partial charge in [0.1, 0.15) is 0 Å². The number of nitrogens with zero attached hydrogens (tertiary/aromatic N) is 1. The normalized spacial score (nSPS) is 18.5. The second-order valence-electron chi connectivity index (χ2n) is 2.52. The second kappa shape index (κ2) is 4.62. The Hall–Kier alpha value is -0.220. The Morgan fingerprint density at radius 3 is 2.73 bits per heavy atom. The summed E-state index contributed by atoms with van der Waals surface area (Å²) in [7, 11) is 1.80. The molecular formula is C7H14N2OS. The van der Waals surface area contributed by atoms with Crippen molar-refractivity contribution in [3.8, 4) is 0 Å². The molecule has 0 bridgehead atoms. The quantitative estimate of drug-likeness (QED) is 0.628. The average Bonchev–Trinajstić information content (AvgIpc) is 2.07. The van der Waals surface area contributed by atoms with Crippen LogP contribution in [0.2, 0.25) is 0 Å². The maximum atomic E-state index is 11.3. The lowest BCUT2D eigenvalue weighted by Crippen LogP contribution is -2.42. The fourth-order valence-electron chi connectivity index (χ4n) is 1.08. The van der Waals surface area contributed by atoms with Gasteiger partial charge in [0.15, 0.2) is 0 Å². The van der Waals surface area contributed by atoms with Crippen LogP contribution >= 0.6 is 11.8 Å². The Kier molecular flexibility index (Phi) is 3.72. The molecule has 0 atom stereocenters. The minimum absolute atomic E-state index is 0.229. The summed E-state index contributed by atoms with van der Waals surface area (Å²) < 4.78 is 0. The number of likely N-dealkylation sites (N-methyl/N-ethyl adjacent to an activating group) is 1. The lowest BCUT2D eigenvalue weighted by atomic mass is 10.4. The third-order valence-corrected chi connectivity index (χ3v) is 2.63. The van der Waals surface area contributed by atoms with E-state index in [1.807, 2.05) is 16.7 Å². The van der Waals surface area contributed by atoms with Crippen molar-refractivity contribution >= 4 is 17.7 Å². The molecule has 11 heavy (non-hydrogen) atoms. The number of hydrogen-bond acceptors (Lipinski definition) is 3. The zero-order valence-corrected chi connectivity index (χ0v) is 7.62. The molecule has 3 nitrogen and oxygen atoms in total. The fraction of sp³-hybridized carbons (Fsp3) is 0.857. The summed E-state index contributed by atoms with van der Waals surface area (Å²) in [5.41, 5.74) is 0. The largest absolute Gasteiger partial charge is 0.340 e. The van der Waals surface area contributed by atoms with Crippen LogP contribution in [0.4, 0.5) is 0 Å². The van der Waals surface area contributed by atoms with Crippen LogP contribution in [0.25, 0.3) is 0 Å². The summed E-state index contributed by atoms with van der Waals surface area (Å²) in [6.45, 7) is 2.32. The lowest BCUT2D eigenvalue weighted by Gasteiger charge is -2.26. The molecule has 0 aromatic rings. The molecule has 0 unspecified atom stereocenters. The molecule has 1 aliphatic heterocycles. The first-order valence-electron chi connectivity index (χ1n) is 3.84. The molecule has 1 N–H and O–H groups in total. The van der Waals surface area contributed by atoms with E-state index in [2.05, 4.69) is 5.32 Å². The number of rotatable bonds is 2. The third kappa shape index (κ3) is 2.71. The van der Waals surface area contributed by atoms with Crippen molar-refractivity contribution in [3.05, 3.63) is 0 Å². The van der Waals surface area contributed by atoms with Crippen LogP contribution in [-0.4, -0.2) is 49.0 Å². The van der Waals surface area contributed by atoms with Crippen molar-refractivity contribution in [2.75, 3.05) is 38.2 Å². The van der Waals surface area contributed by atoms with E-state index in [0.717, 1.165) is 24.6 Å². The molecule has 0 radical (unpaired) electrons. The standard InChI is InChI=1S/C7H14N2OS/c1-8-6-7(10)9-2-4-11-5-3-9/h8H,2-6H2,1H3. The van der Waals surface area contributed by atoms with Gasteiger partial charge in [0.2, 0.25) is 5.91 Å². The molecule has 64 valence electrons. The minimum atomic E-state index is 0.229. The molecule has 0 aromatic carbocycles. The Bertz CT molecular complexity index is 134. The molecular weight excluding hydrogens is 160 g/mol. The highest BCUT2D eigenvalue weighted by molar-refractivity contribution is 7.99. The van der Waals surface area contributed by atoms with E-state index in [0.29, 0.717) is 6.54 Å². The monoisotopic (exact) mass is 174 g/mol. The highest BCUT2D eigenvalue weighted by atomic mass is 32.2. The van der Waals surface area contributed by atoms with Gasteiger partial charge in [-0.25, -0.2) is 0 Å². The van der Waals surface area contributed by atoms with Crippen molar-refractivity contribution in [1.29, 1.82) is 0 Å². The van der Waals surface area contributed by atoms with Gasteiger partial charge in [-0.2, -0.15) is 11.8 Å². The summed E-state index contributed by atoms with van der Waals surface area (Å²) in [6.07, 6.45) is 0. The fourth-order valence-corrected chi connectivity index (χ4v) is 1.98. The summed E-state index contributed by atoms with van der Waals surface area (Å²) in [5.74, 6) is 2.41. The van der Waals surface area contributed by atoms with Crippen LogP contribution in [0.15, 0.2) is 0 Å². The molecule has 1 saturated heterocycles. The number of amides is 1. The van der Waals surface area contributed by atoms with Crippen LogP contribution < -0.4 is 5.32 Å². The zero-order chi connectivity index (χ0) is 8.10. The predicted octanol–water partition coefficient (Wildman–Crippen LogP) is -0.219. The first-order chi connectivity index (χ1) is 5.34. The van der Waals surface area contributed by atoms with E-state index < -0.39 is 0 Å². The molecule has 1 fully saturated rings. The van der Waals surface area contributed by atoms with E-state index in [-0.39, 0.29) is 5.91 Å². The molecule has 0 aliphatic carbocycles. The van der Waals surface area contributed by atoms with E-state index in [9.17, 15) is 4.79 Å². The van der Waals surface area contributed by atoms with Gasteiger partial charge >= 0.3 is 0 Å². The van der Waals surface area contributed by atoms with Crippen molar-refractivity contribution < 1.29 is 4.79 Å². The van der Waals surface area contributed by atoms with Crippen LogP contribution in [0, 0.1) is 0 Å². The Labute approximate surface area is 71.5 Å². The second-order valence-corrected chi connectivity index (χ2v) is 3.75. The van der Waals surface area contributed by atoms with Crippen LogP contribution in [-0.2, 0) is 4.79 Å². The number of hydrogen-bond donors (Lipinski definition) is 1. The molecule has 0 spiro atoms. The molecule has 1 amide bonds. The Morgan fingerprint density at radius 2 is 2.18 bits per heavy atom. The van der Waals surface area contributed by atoms with Gasteiger partial charge in [0.25, 0.3) is 0 Å². The van der Waals surface area contributed by atoms with Crippen molar-refractivity contribution in [3.63, 3.8) is 0 Å². The minimum Gasteiger partial charge on any atom is -0.340 e. The van der Waals surface area contributed by atoms with Gasteiger partial charge in [-0.1, -0.05) is 0 Å². The molecule has 1 heterocycles. The molecule has 1 aliphatic rings. The van der Waals surface area contributed by atoms with E-state index >= 15 is 0 Å². The molecule has 4 heteroatoms. The maximum Gasteiger partial charge on any atom is 0.236 e. The van der Waals surface area contributed by atoms with Crippen molar-refractivity contribution in [2.45, 2.75) is 0 Å². The average molecular weight is 174 g/mol. The Balaban J connectivity index is 2.27. The van der Waals surface area contributed by atoms with Crippen molar-refractivity contribution in [1.82, 2.24) is 10.2 Å². The number of thioether (sulfide) groups is 1. The van der Waals surface area contributed by atoms with Gasteiger partial charge in [0, 0.05) is 24.6 Å². The van der Waals surface area contributed by atoms with Gasteiger partial charge in [-0.05, 0) is 7.05 Å². The van der Waals surface area contributed by atoms with Crippen LogP contribution in [0.3, 0.4) is 0 Å². The van der Waals surface area contributed by atoms with Crippen LogP contribution in [0.1, 0.15) is 0 Å². The highest BCUT2D eigenvalue weighted by Gasteiger charge is 2.14. The summed E-state index contributed by atoms with van der Waals surface area (Å²) in [5, 5.41) is 2.87. The summed E-state index contributed by atoms with van der Waals surface area (Å²) >= 11 is 1.92. The van der Waals surface area contributed by atoms with E-state index in [1.54, 1.807) is 7.05 Å². The molecule has 0 aromatic heterocycles. The van der Waals surface area contributed by atoms with Crippen molar-refractivity contribution in [2.24, 2.45) is 0 Å². The molecule has 0 saturated carbocycles. The lowest BCUT2D eigenvalue weighted by molar-refractivity contribution is -0.129. The summed E-state index contributed by atoms with van der Waals surface area (Å²) in [6, 6.07) is 0. The smallest absolute Gasteiger partial charge is 0.236 e.